The lowest BCUT2D eigenvalue weighted by Gasteiger charge is -2.20. The molecule has 0 fully saturated rings. The van der Waals surface area contributed by atoms with Crippen LogP contribution in [-0.2, 0) is 15.3 Å². The van der Waals surface area contributed by atoms with E-state index in [4.69, 9.17) is 21.6 Å². The van der Waals surface area contributed by atoms with Gasteiger partial charge in [-0.15, -0.1) is 0 Å². The van der Waals surface area contributed by atoms with Crippen molar-refractivity contribution < 1.29 is 8.42 Å². The third-order valence-electron chi connectivity index (χ3n) is 5.73. The van der Waals surface area contributed by atoms with Gasteiger partial charge in [0.25, 0.3) is 0 Å². The van der Waals surface area contributed by atoms with Crippen LogP contribution in [0.1, 0.15) is 26.6 Å². The predicted octanol–water partition coefficient (Wildman–Crippen LogP) is 4.65. The minimum Gasteiger partial charge on any atom is -0.246 e. The summed E-state index contributed by atoms with van der Waals surface area (Å²) in [6.07, 6.45) is 1.17. The van der Waals surface area contributed by atoms with Crippen LogP contribution in [0.5, 0.6) is 0 Å². The number of H-pyrrole nitrogens is 1. The van der Waals surface area contributed by atoms with E-state index in [-0.39, 0.29) is 10.6 Å². The molecule has 0 saturated heterocycles. The summed E-state index contributed by atoms with van der Waals surface area (Å²) in [7, 11) is -3.35. The summed E-state index contributed by atoms with van der Waals surface area (Å²) in [5, 5.41) is 7.88. The van der Waals surface area contributed by atoms with E-state index >= 15 is 0 Å². The van der Waals surface area contributed by atoms with Gasteiger partial charge < -0.3 is 0 Å². The molecule has 3 heterocycles. The smallest absolute Gasteiger partial charge is 0.246 e. The maximum absolute atomic E-state index is 12.6. The first-order valence-corrected chi connectivity index (χ1v) is 13.1. The minimum atomic E-state index is -3.35. The Morgan fingerprint density at radius 3 is 2.29 bits per heavy atom. The normalized spacial score (nSPS) is 12.5. The first-order valence-electron chi connectivity index (χ1n) is 10.8. The molecule has 178 valence electrons. The third kappa shape index (κ3) is 4.00. The molecule has 0 saturated carbocycles. The number of hydrogen-bond acceptors (Lipinski definition) is 6. The Kier molecular flexibility index (Phi) is 5.30. The van der Waals surface area contributed by atoms with Crippen LogP contribution >= 0.6 is 11.6 Å². The predicted molar refractivity (Wildman–Crippen MR) is 137 cm³/mol. The van der Waals surface area contributed by atoms with Crippen molar-refractivity contribution >= 4 is 38.1 Å². The lowest BCUT2D eigenvalue weighted by atomic mass is 9.95. The maximum atomic E-state index is 12.6. The second-order valence-corrected chi connectivity index (χ2v) is 11.8. The van der Waals surface area contributed by atoms with Crippen molar-refractivity contribution in [3.63, 3.8) is 0 Å². The Labute approximate surface area is 206 Å². The Hall–Kier alpha value is -3.56. The Morgan fingerprint density at radius 2 is 1.66 bits per heavy atom. The maximum Gasteiger partial charge on any atom is 0.349 e. The van der Waals surface area contributed by atoms with Gasteiger partial charge in [-0.3, -0.25) is 0 Å². The number of halogens is 1. The first-order chi connectivity index (χ1) is 16.4. The highest BCUT2D eigenvalue weighted by atomic mass is 35.5. The van der Waals surface area contributed by atoms with Crippen molar-refractivity contribution in [2.75, 3.05) is 6.26 Å². The van der Waals surface area contributed by atoms with Crippen LogP contribution in [0, 0.1) is 0 Å². The highest BCUT2D eigenvalue weighted by Gasteiger charge is 2.25. The van der Waals surface area contributed by atoms with Gasteiger partial charge >= 0.3 is 5.69 Å². The highest BCUT2D eigenvalue weighted by Crippen LogP contribution is 2.37. The lowest BCUT2D eigenvalue weighted by molar-refractivity contribution is 0.535. The van der Waals surface area contributed by atoms with Crippen molar-refractivity contribution in [2.24, 2.45) is 0 Å². The van der Waals surface area contributed by atoms with E-state index < -0.39 is 15.3 Å². The van der Waals surface area contributed by atoms with Crippen LogP contribution in [0.4, 0.5) is 0 Å². The van der Waals surface area contributed by atoms with Gasteiger partial charge in [-0.1, -0.05) is 62.7 Å². The standard InChI is InChI=1S/C25H22ClN5O3S/c1-25(2,3)23-28-21-18(22-29-30-24(32)31(22)23)13-17(14-9-11-15(12-10-14)35(4,33)34)20(27-21)16-7-5-6-8-19(16)26/h5-13H,1-4H3,(H,30,32). The molecule has 0 bridgehead atoms. The second-order valence-electron chi connectivity index (χ2n) is 9.41. The zero-order chi connectivity index (χ0) is 25.1. The number of rotatable bonds is 3. The molecule has 1 N–H and O–H groups in total. The summed E-state index contributed by atoms with van der Waals surface area (Å²) in [4.78, 5) is 22.5. The zero-order valence-corrected chi connectivity index (χ0v) is 21.1. The van der Waals surface area contributed by atoms with Gasteiger partial charge in [-0.25, -0.2) is 32.7 Å². The van der Waals surface area contributed by atoms with E-state index in [0.717, 1.165) is 5.56 Å². The molecule has 0 atom stereocenters. The van der Waals surface area contributed by atoms with E-state index in [1.54, 1.807) is 30.3 Å². The van der Waals surface area contributed by atoms with Gasteiger partial charge in [0.05, 0.1) is 16.0 Å². The molecular formula is C25H22ClN5O3S. The van der Waals surface area contributed by atoms with Crippen LogP contribution in [-0.4, -0.2) is 39.2 Å². The number of aromatic amines is 1. The monoisotopic (exact) mass is 507 g/mol. The second kappa shape index (κ2) is 8.00. The molecule has 35 heavy (non-hydrogen) atoms. The summed E-state index contributed by atoms with van der Waals surface area (Å²) in [6, 6.07) is 15.8. The van der Waals surface area contributed by atoms with Crippen molar-refractivity contribution in [2.45, 2.75) is 31.1 Å². The van der Waals surface area contributed by atoms with Crippen LogP contribution in [0.25, 0.3) is 39.1 Å². The number of benzene rings is 2. The molecule has 0 aliphatic heterocycles. The van der Waals surface area contributed by atoms with Gasteiger partial charge in [0.2, 0.25) is 0 Å². The summed E-state index contributed by atoms with van der Waals surface area (Å²) < 4.78 is 25.4. The zero-order valence-electron chi connectivity index (χ0n) is 19.5. The highest BCUT2D eigenvalue weighted by molar-refractivity contribution is 7.90. The molecule has 5 aromatic rings. The van der Waals surface area contributed by atoms with Gasteiger partial charge in [-0.05, 0) is 29.8 Å². The molecule has 0 radical (unpaired) electrons. The fourth-order valence-electron chi connectivity index (χ4n) is 4.04. The van der Waals surface area contributed by atoms with Gasteiger partial charge in [0, 0.05) is 27.8 Å². The van der Waals surface area contributed by atoms with Gasteiger partial charge in [-0.2, -0.15) is 5.10 Å². The SMILES string of the molecule is CC(C)(C)c1nc2nc(-c3ccccc3Cl)c(-c3ccc(S(C)(=O)=O)cc3)cc2c2n[nH]c(=O)n12. The van der Waals surface area contributed by atoms with E-state index in [1.165, 1.54) is 10.7 Å². The fraction of sp³-hybridized carbons (Fsp3) is 0.200. The average Bonchev–Trinajstić information content (AvgIpc) is 3.18. The number of fused-ring (bicyclic) bond motifs is 3. The van der Waals surface area contributed by atoms with Gasteiger partial charge in [0.15, 0.2) is 21.1 Å². The van der Waals surface area contributed by atoms with E-state index in [0.29, 0.717) is 44.3 Å². The summed E-state index contributed by atoms with van der Waals surface area (Å²) in [5.74, 6) is 0.529. The molecule has 0 aliphatic rings. The third-order valence-corrected chi connectivity index (χ3v) is 7.19. The number of aromatic nitrogens is 5. The summed E-state index contributed by atoms with van der Waals surface area (Å²) in [6.45, 7) is 5.90. The topological polar surface area (TPSA) is 110 Å². The van der Waals surface area contributed by atoms with E-state index in [9.17, 15) is 13.2 Å². The Morgan fingerprint density at radius 1 is 0.971 bits per heavy atom. The Bertz CT molecular complexity index is 1780. The molecule has 3 aromatic heterocycles. The van der Waals surface area contributed by atoms with E-state index in [2.05, 4.69) is 10.2 Å². The molecule has 0 amide bonds. The van der Waals surface area contributed by atoms with Gasteiger partial charge in [0.1, 0.15) is 5.82 Å². The number of pyridine rings is 1. The number of hydrogen-bond donors (Lipinski definition) is 1. The molecule has 8 nitrogen and oxygen atoms in total. The fourth-order valence-corrected chi connectivity index (χ4v) is 4.90. The van der Waals surface area contributed by atoms with Crippen molar-refractivity contribution in [1.29, 1.82) is 0 Å². The van der Waals surface area contributed by atoms with Crippen molar-refractivity contribution in [1.82, 2.24) is 24.6 Å². The molecular weight excluding hydrogens is 486 g/mol. The quantitative estimate of drug-likeness (QED) is 0.380. The van der Waals surface area contributed by atoms with Crippen molar-refractivity contribution in [3.8, 4) is 22.4 Å². The largest absolute Gasteiger partial charge is 0.349 e. The molecule has 5 rings (SSSR count). The molecule has 0 aliphatic carbocycles. The number of nitrogens with one attached hydrogen (secondary N) is 1. The lowest BCUT2D eigenvalue weighted by Crippen LogP contribution is -2.25. The van der Waals surface area contributed by atoms with Crippen LogP contribution < -0.4 is 5.69 Å². The van der Waals surface area contributed by atoms with Crippen molar-refractivity contribution in [3.05, 3.63) is 75.9 Å². The molecule has 10 heteroatoms. The average molecular weight is 508 g/mol. The number of nitrogens with zero attached hydrogens (tertiary/aromatic N) is 4. The van der Waals surface area contributed by atoms with Crippen LogP contribution in [0.15, 0.2) is 64.3 Å². The minimum absolute atomic E-state index is 0.215. The van der Waals surface area contributed by atoms with E-state index in [1.807, 2.05) is 45.0 Å². The summed E-state index contributed by atoms with van der Waals surface area (Å²) >= 11 is 6.55. The Balaban J connectivity index is 1.90. The summed E-state index contributed by atoms with van der Waals surface area (Å²) in [5.41, 5.74) is 2.73. The molecule has 0 spiro atoms. The van der Waals surface area contributed by atoms with Crippen LogP contribution in [0.2, 0.25) is 5.02 Å². The number of sulfone groups is 1. The molecule has 0 unspecified atom stereocenters. The first kappa shape index (κ1) is 23.2. The molecule has 2 aromatic carbocycles. The van der Waals surface area contributed by atoms with Crippen LogP contribution in [0.3, 0.4) is 0 Å².